The predicted molar refractivity (Wildman–Crippen MR) is 138 cm³/mol. The minimum absolute atomic E-state index is 0. The predicted octanol–water partition coefficient (Wildman–Crippen LogP) is 7.31. The highest BCUT2D eigenvalue weighted by Crippen LogP contribution is 2.55. The molecule has 0 spiro atoms. The van der Waals surface area contributed by atoms with Crippen LogP contribution in [0.3, 0.4) is 0 Å². The van der Waals surface area contributed by atoms with Gasteiger partial charge in [0.15, 0.2) is 0 Å². The van der Waals surface area contributed by atoms with E-state index in [4.69, 9.17) is 0 Å². The smallest absolute Gasteiger partial charge is 0.0196 e. The summed E-state index contributed by atoms with van der Waals surface area (Å²) in [6, 6.07) is 33.8. The van der Waals surface area contributed by atoms with E-state index in [0.717, 1.165) is 0 Å². The summed E-state index contributed by atoms with van der Waals surface area (Å²) >= 11 is 0. The van der Waals surface area contributed by atoms with E-state index in [1.54, 1.807) is 0 Å². The molecule has 0 fully saturated rings. The second-order valence-electron chi connectivity index (χ2n) is 7.66. The molecule has 155 valence electrons. The monoisotopic (exact) mass is 469 g/mol. The summed E-state index contributed by atoms with van der Waals surface area (Å²) in [5.74, 6) is 0. The second-order valence-corrected chi connectivity index (χ2v) is 11.3. The molecule has 0 heterocycles. The first kappa shape index (κ1) is 23.8. The fraction of sp³-hybridized carbons (Fsp3) is 0.333. The van der Waals surface area contributed by atoms with Crippen LogP contribution < -0.4 is 15.9 Å². The average Bonchev–Trinajstić information content (AvgIpc) is 2.78. The summed E-state index contributed by atoms with van der Waals surface area (Å²) in [5.41, 5.74) is 0. The SMILES string of the molecule is Br.CCCCCCCCC[P](c1ccccc1)(c1ccccc1)c1ccccc1. The van der Waals surface area contributed by atoms with E-state index in [1.807, 2.05) is 0 Å². The fourth-order valence-corrected chi connectivity index (χ4v) is 8.60. The Labute approximate surface area is 188 Å². The molecule has 0 saturated heterocycles. The Morgan fingerprint density at radius 3 is 1.21 bits per heavy atom. The second kappa shape index (κ2) is 13.0. The van der Waals surface area contributed by atoms with Crippen molar-refractivity contribution < 1.29 is 0 Å². The molecule has 0 aliphatic heterocycles. The van der Waals surface area contributed by atoms with Crippen LogP contribution in [0.1, 0.15) is 51.9 Å². The standard InChI is InChI=1S/C27H34P.BrH/c1-2-3-4-5-6-7-17-24-28(25-18-11-8-12-19-25,26-20-13-9-14-21-26)27-22-15-10-16-23-27;/h8-16,18-23H,2-7,17,24H2,1H3;1H. The molecule has 2 heteroatoms. The zero-order chi connectivity index (χ0) is 19.5. The maximum atomic E-state index is 2.36. The normalized spacial score (nSPS) is 11.1. The molecule has 1 radical (unpaired) electrons. The molecule has 0 nitrogen and oxygen atoms in total. The number of halogens is 1. The molecular formula is C27H35BrP. The molecule has 3 aromatic carbocycles. The van der Waals surface area contributed by atoms with Crippen LogP contribution in [0.5, 0.6) is 0 Å². The maximum absolute atomic E-state index is 2.36. The Balaban J connectivity index is 0.00000300. The van der Waals surface area contributed by atoms with Crippen molar-refractivity contribution in [2.75, 3.05) is 6.16 Å². The van der Waals surface area contributed by atoms with Crippen molar-refractivity contribution in [1.29, 1.82) is 0 Å². The van der Waals surface area contributed by atoms with Gasteiger partial charge in [0.05, 0.1) is 0 Å². The average molecular weight is 470 g/mol. The Hall–Kier alpha value is -1.43. The van der Waals surface area contributed by atoms with E-state index >= 15 is 0 Å². The Morgan fingerprint density at radius 1 is 0.483 bits per heavy atom. The van der Waals surface area contributed by atoms with Gasteiger partial charge in [0.2, 0.25) is 0 Å². The number of rotatable bonds is 11. The van der Waals surface area contributed by atoms with Crippen molar-refractivity contribution in [1.82, 2.24) is 0 Å². The molecule has 0 atom stereocenters. The third-order valence-corrected chi connectivity index (χ3v) is 10.2. The molecule has 3 aromatic rings. The highest BCUT2D eigenvalue weighted by Gasteiger charge is 2.33. The van der Waals surface area contributed by atoms with E-state index < -0.39 is 7.26 Å². The largest absolute Gasteiger partial charge is 0.114 e. The van der Waals surface area contributed by atoms with Crippen LogP contribution in [0.4, 0.5) is 0 Å². The third-order valence-electron chi connectivity index (χ3n) is 5.69. The Kier molecular flexibility index (Phi) is 10.7. The molecule has 0 amide bonds. The Bertz CT molecular complexity index is 690. The van der Waals surface area contributed by atoms with Crippen molar-refractivity contribution in [3.05, 3.63) is 91.0 Å². The first-order valence-electron chi connectivity index (χ1n) is 10.9. The zero-order valence-electron chi connectivity index (χ0n) is 17.7. The van der Waals surface area contributed by atoms with Gasteiger partial charge in [0.25, 0.3) is 0 Å². The molecule has 29 heavy (non-hydrogen) atoms. The lowest BCUT2D eigenvalue weighted by molar-refractivity contribution is 0.603. The summed E-state index contributed by atoms with van der Waals surface area (Å²) in [6.45, 7) is 2.29. The quantitative estimate of drug-likeness (QED) is 0.204. The van der Waals surface area contributed by atoms with E-state index in [-0.39, 0.29) is 17.0 Å². The van der Waals surface area contributed by atoms with E-state index in [0.29, 0.717) is 0 Å². The van der Waals surface area contributed by atoms with Crippen molar-refractivity contribution in [3.8, 4) is 0 Å². The molecule has 0 unspecified atom stereocenters. The lowest BCUT2D eigenvalue weighted by Crippen LogP contribution is -2.33. The number of hydrogen-bond donors (Lipinski definition) is 0. The summed E-state index contributed by atoms with van der Waals surface area (Å²) in [5, 5.41) is 4.54. The van der Waals surface area contributed by atoms with Gasteiger partial charge in [-0.25, -0.2) is 0 Å². The van der Waals surface area contributed by atoms with Crippen LogP contribution in [-0.4, -0.2) is 6.16 Å². The highest BCUT2D eigenvalue weighted by molar-refractivity contribution is 8.93. The van der Waals surface area contributed by atoms with Gasteiger partial charge in [0.1, 0.15) is 0 Å². The molecule has 0 bridgehead atoms. The van der Waals surface area contributed by atoms with Crippen LogP contribution in [0.2, 0.25) is 0 Å². The summed E-state index contributed by atoms with van der Waals surface area (Å²) in [4.78, 5) is 0. The number of unbranched alkanes of at least 4 members (excludes halogenated alkanes) is 6. The first-order chi connectivity index (χ1) is 13.9. The van der Waals surface area contributed by atoms with Gasteiger partial charge in [-0.15, -0.1) is 17.0 Å². The molecule has 0 aliphatic rings. The molecule has 3 rings (SSSR count). The van der Waals surface area contributed by atoms with E-state index in [1.165, 1.54) is 67.0 Å². The van der Waals surface area contributed by atoms with E-state index in [9.17, 15) is 0 Å². The molecule has 0 aliphatic carbocycles. The van der Waals surface area contributed by atoms with Gasteiger partial charge in [-0.3, -0.25) is 0 Å². The molecule has 0 aromatic heterocycles. The van der Waals surface area contributed by atoms with Crippen LogP contribution in [0, 0.1) is 0 Å². The summed E-state index contributed by atoms with van der Waals surface area (Å²) < 4.78 is 0. The maximum Gasteiger partial charge on any atom is -0.0196 e. The van der Waals surface area contributed by atoms with Crippen molar-refractivity contribution >= 4 is 40.2 Å². The summed E-state index contributed by atoms with van der Waals surface area (Å²) in [6.07, 6.45) is 10.8. The first-order valence-corrected chi connectivity index (χ1v) is 12.9. The van der Waals surface area contributed by atoms with Gasteiger partial charge in [-0.2, -0.15) is 0 Å². The van der Waals surface area contributed by atoms with Crippen molar-refractivity contribution in [3.63, 3.8) is 0 Å². The molecule has 0 saturated carbocycles. The van der Waals surface area contributed by atoms with Crippen LogP contribution in [0.25, 0.3) is 0 Å². The molecular weight excluding hydrogens is 435 g/mol. The lowest BCUT2D eigenvalue weighted by Gasteiger charge is -2.38. The van der Waals surface area contributed by atoms with Gasteiger partial charge in [0, 0.05) is 0 Å². The van der Waals surface area contributed by atoms with Crippen LogP contribution >= 0.6 is 24.2 Å². The fourth-order valence-electron chi connectivity index (χ4n) is 4.19. The lowest BCUT2D eigenvalue weighted by atomic mass is 10.1. The van der Waals surface area contributed by atoms with E-state index in [2.05, 4.69) is 97.9 Å². The number of benzene rings is 3. The topological polar surface area (TPSA) is 0 Å². The minimum atomic E-state index is -1.61. The van der Waals surface area contributed by atoms with Crippen LogP contribution in [0.15, 0.2) is 91.0 Å². The minimum Gasteiger partial charge on any atom is -0.114 e. The zero-order valence-corrected chi connectivity index (χ0v) is 20.3. The van der Waals surface area contributed by atoms with Gasteiger partial charge in [-0.1, -0.05) is 136 Å². The Morgan fingerprint density at radius 2 is 0.828 bits per heavy atom. The third kappa shape index (κ3) is 6.27. The summed E-state index contributed by atoms with van der Waals surface area (Å²) in [7, 11) is -1.61. The van der Waals surface area contributed by atoms with Crippen molar-refractivity contribution in [2.45, 2.75) is 51.9 Å². The van der Waals surface area contributed by atoms with Gasteiger partial charge < -0.3 is 0 Å². The van der Waals surface area contributed by atoms with Gasteiger partial charge in [-0.05, 0) is 35.8 Å². The van der Waals surface area contributed by atoms with Crippen LogP contribution in [-0.2, 0) is 0 Å². The number of hydrogen-bond acceptors (Lipinski definition) is 0. The molecule has 0 N–H and O–H groups in total. The van der Waals surface area contributed by atoms with Gasteiger partial charge >= 0.3 is 0 Å². The highest BCUT2D eigenvalue weighted by atomic mass is 79.9. The van der Waals surface area contributed by atoms with Crippen molar-refractivity contribution in [2.24, 2.45) is 0 Å².